The SMILES string of the molecule is Nc1cccc(C(=O)Nc2ncccc2Br)c1Br. The maximum Gasteiger partial charge on any atom is 0.258 e. The fourth-order valence-electron chi connectivity index (χ4n) is 1.38. The Morgan fingerprint density at radius 2 is 2.00 bits per heavy atom. The quantitative estimate of drug-likeness (QED) is 0.795. The molecule has 2 aromatic rings. The van der Waals surface area contributed by atoms with Gasteiger partial charge < -0.3 is 11.1 Å². The zero-order valence-electron chi connectivity index (χ0n) is 9.15. The van der Waals surface area contributed by atoms with Crippen LogP contribution in [0.4, 0.5) is 11.5 Å². The molecule has 2 rings (SSSR count). The molecule has 0 aliphatic heterocycles. The van der Waals surface area contributed by atoms with Crippen molar-refractivity contribution in [2.24, 2.45) is 0 Å². The van der Waals surface area contributed by atoms with Crippen molar-refractivity contribution in [3.63, 3.8) is 0 Å². The molecule has 1 aromatic heterocycles. The number of carbonyl (C=O) groups excluding carboxylic acids is 1. The molecule has 6 heteroatoms. The summed E-state index contributed by atoms with van der Waals surface area (Å²) in [4.78, 5) is 16.2. The summed E-state index contributed by atoms with van der Waals surface area (Å²) >= 11 is 6.61. The van der Waals surface area contributed by atoms with Gasteiger partial charge in [-0.15, -0.1) is 0 Å². The lowest BCUT2D eigenvalue weighted by atomic mass is 10.2. The summed E-state index contributed by atoms with van der Waals surface area (Å²) in [6, 6.07) is 8.71. The lowest BCUT2D eigenvalue weighted by Crippen LogP contribution is -2.14. The highest BCUT2D eigenvalue weighted by Gasteiger charge is 2.13. The molecule has 0 aliphatic carbocycles. The Labute approximate surface area is 121 Å². The Morgan fingerprint density at radius 3 is 2.72 bits per heavy atom. The minimum absolute atomic E-state index is 0.270. The maximum atomic E-state index is 12.1. The van der Waals surface area contributed by atoms with Crippen LogP contribution >= 0.6 is 31.9 Å². The molecule has 92 valence electrons. The number of rotatable bonds is 2. The smallest absolute Gasteiger partial charge is 0.258 e. The third-order valence-corrected chi connectivity index (χ3v) is 3.79. The van der Waals surface area contributed by atoms with Crippen molar-refractivity contribution in [1.29, 1.82) is 0 Å². The molecule has 3 N–H and O–H groups in total. The predicted molar refractivity (Wildman–Crippen MR) is 78.4 cm³/mol. The average molecular weight is 371 g/mol. The highest BCUT2D eigenvalue weighted by Crippen LogP contribution is 2.25. The third-order valence-electron chi connectivity index (χ3n) is 2.26. The summed E-state index contributed by atoms with van der Waals surface area (Å²) in [5, 5.41) is 2.71. The van der Waals surface area contributed by atoms with E-state index in [0.29, 0.717) is 21.5 Å². The summed E-state index contributed by atoms with van der Waals surface area (Å²) in [5.41, 5.74) is 6.71. The number of amides is 1. The molecule has 4 nitrogen and oxygen atoms in total. The lowest BCUT2D eigenvalue weighted by molar-refractivity contribution is 0.102. The Bertz CT molecular complexity index is 602. The highest BCUT2D eigenvalue weighted by atomic mass is 79.9. The van der Waals surface area contributed by atoms with Gasteiger partial charge in [-0.05, 0) is 56.1 Å². The second-order valence-corrected chi connectivity index (χ2v) is 5.14. The lowest BCUT2D eigenvalue weighted by Gasteiger charge is -2.08. The van der Waals surface area contributed by atoms with Crippen LogP contribution in [0.15, 0.2) is 45.5 Å². The third kappa shape index (κ3) is 2.70. The van der Waals surface area contributed by atoms with E-state index in [4.69, 9.17) is 5.73 Å². The van der Waals surface area contributed by atoms with Gasteiger partial charge in [-0.2, -0.15) is 0 Å². The van der Waals surface area contributed by atoms with Crippen molar-refractivity contribution in [2.75, 3.05) is 11.1 Å². The Morgan fingerprint density at radius 1 is 1.22 bits per heavy atom. The molecule has 0 atom stereocenters. The number of halogens is 2. The van der Waals surface area contributed by atoms with Crippen LogP contribution in [0, 0.1) is 0 Å². The van der Waals surface area contributed by atoms with Gasteiger partial charge in [0.2, 0.25) is 0 Å². The largest absolute Gasteiger partial charge is 0.398 e. The van der Waals surface area contributed by atoms with Crippen LogP contribution in [0.2, 0.25) is 0 Å². The number of aromatic nitrogens is 1. The van der Waals surface area contributed by atoms with Gasteiger partial charge in [0.15, 0.2) is 0 Å². The summed E-state index contributed by atoms with van der Waals surface area (Å²) in [6.07, 6.45) is 1.61. The van der Waals surface area contributed by atoms with Gasteiger partial charge in [-0.1, -0.05) is 6.07 Å². The van der Waals surface area contributed by atoms with E-state index in [2.05, 4.69) is 42.2 Å². The fraction of sp³-hybridized carbons (Fsp3) is 0. The van der Waals surface area contributed by atoms with Crippen LogP contribution in [0.5, 0.6) is 0 Å². The molecule has 18 heavy (non-hydrogen) atoms. The van der Waals surface area contributed by atoms with E-state index in [1.165, 1.54) is 0 Å². The molecule has 1 aromatic carbocycles. The van der Waals surface area contributed by atoms with E-state index in [1.54, 1.807) is 36.5 Å². The number of pyridine rings is 1. The van der Waals surface area contributed by atoms with Gasteiger partial charge in [0, 0.05) is 11.9 Å². The molecule has 0 aliphatic rings. The molecule has 0 bridgehead atoms. The number of anilines is 2. The van der Waals surface area contributed by atoms with Gasteiger partial charge in [0.05, 0.1) is 14.5 Å². The normalized spacial score (nSPS) is 10.1. The van der Waals surface area contributed by atoms with Gasteiger partial charge in [0.25, 0.3) is 5.91 Å². The Kier molecular flexibility index (Phi) is 3.98. The predicted octanol–water partition coefficient (Wildman–Crippen LogP) is 3.44. The molecule has 0 radical (unpaired) electrons. The minimum atomic E-state index is -0.270. The van der Waals surface area contributed by atoms with Crippen molar-refractivity contribution >= 4 is 49.3 Å². The number of nitrogens with one attached hydrogen (secondary N) is 1. The first-order chi connectivity index (χ1) is 8.59. The standard InChI is InChI=1S/C12H9Br2N3O/c13-8-4-2-6-16-11(8)17-12(18)7-3-1-5-9(15)10(7)14/h1-6H,15H2,(H,16,17,18). The molecule has 1 heterocycles. The number of nitrogen functional groups attached to an aromatic ring is 1. The Balaban J connectivity index is 2.28. The molecular formula is C12H9Br2N3O. The van der Waals surface area contributed by atoms with Crippen molar-refractivity contribution in [1.82, 2.24) is 4.98 Å². The number of nitrogens with zero attached hydrogens (tertiary/aromatic N) is 1. The second-order valence-electron chi connectivity index (χ2n) is 3.50. The van der Waals surface area contributed by atoms with E-state index in [0.717, 1.165) is 4.47 Å². The van der Waals surface area contributed by atoms with Crippen molar-refractivity contribution in [2.45, 2.75) is 0 Å². The second kappa shape index (κ2) is 5.49. The zero-order chi connectivity index (χ0) is 13.1. The van der Waals surface area contributed by atoms with Crippen molar-refractivity contribution in [3.8, 4) is 0 Å². The van der Waals surface area contributed by atoms with Crippen LogP contribution in [-0.2, 0) is 0 Å². The van der Waals surface area contributed by atoms with Crippen LogP contribution in [0.1, 0.15) is 10.4 Å². The van der Waals surface area contributed by atoms with E-state index in [1.807, 2.05) is 0 Å². The molecule has 0 unspecified atom stereocenters. The van der Waals surface area contributed by atoms with Crippen LogP contribution < -0.4 is 11.1 Å². The Hall–Kier alpha value is -1.40. The highest BCUT2D eigenvalue weighted by molar-refractivity contribution is 9.11. The molecule has 0 fully saturated rings. The van der Waals surface area contributed by atoms with Crippen LogP contribution in [0.3, 0.4) is 0 Å². The van der Waals surface area contributed by atoms with E-state index in [-0.39, 0.29) is 5.91 Å². The molecule has 0 saturated carbocycles. The molecule has 1 amide bonds. The van der Waals surface area contributed by atoms with Crippen molar-refractivity contribution in [3.05, 3.63) is 51.0 Å². The fourth-order valence-corrected chi connectivity index (χ4v) is 2.18. The molecular weight excluding hydrogens is 362 g/mol. The van der Waals surface area contributed by atoms with E-state index >= 15 is 0 Å². The van der Waals surface area contributed by atoms with Gasteiger partial charge >= 0.3 is 0 Å². The monoisotopic (exact) mass is 369 g/mol. The minimum Gasteiger partial charge on any atom is -0.398 e. The van der Waals surface area contributed by atoms with Gasteiger partial charge in [-0.25, -0.2) is 4.98 Å². The van der Waals surface area contributed by atoms with E-state index in [9.17, 15) is 4.79 Å². The summed E-state index contributed by atoms with van der Waals surface area (Å²) in [5.74, 6) is 0.199. The number of hydrogen-bond acceptors (Lipinski definition) is 3. The van der Waals surface area contributed by atoms with Gasteiger partial charge in [0.1, 0.15) is 5.82 Å². The molecule has 0 spiro atoms. The van der Waals surface area contributed by atoms with Gasteiger partial charge in [-0.3, -0.25) is 4.79 Å². The first-order valence-electron chi connectivity index (χ1n) is 5.05. The summed E-state index contributed by atoms with van der Waals surface area (Å²) < 4.78 is 1.30. The van der Waals surface area contributed by atoms with Crippen LogP contribution in [-0.4, -0.2) is 10.9 Å². The molecule has 0 saturated heterocycles. The number of carbonyl (C=O) groups is 1. The number of benzene rings is 1. The first kappa shape index (κ1) is 13.0. The average Bonchev–Trinajstić information content (AvgIpc) is 2.35. The van der Waals surface area contributed by atoms with E-state index < -0.39 is 0 Å². The van der Waals surface area contributed by atoms with Crippen molar-refractivity contribution < 1.29 is 4.79 Å². The first-order valence-corrected chi connectivity index (χ1v) is 6.64. The maximum absolute atomic E-state index is 12.1. The van der Waals surface area contributed by atoms with Crippen LogP contribution in [0.25, 0.3) is 0 Å². The topological polar surface area (TPSA) is 68.0 Å². The summed E-state index contributed by atoms with van der Waals surface area (Å²) in [7, 11) is 0. The number of nitrogens with two attached hydrogens (primary N) is 1. The number of hydrogen-bond donors (Lipinski definition) is 2. The zero-order valence-corrected chi connectivity index (χ0v) is 12.3. The summed E-state index contributed by atoms with van der Waals surface area (Å²) in [6.45, 7) is 0.